The maximum atomic E-state index is 13.6. The van der Waals surface area contributed by atoms with Gasteiger partial charge in [0.15, 0.2) is 6.10 Å². The van der Waals surface area contributed by atoms with E-state index in [2.05, 4.69) is 44.3 Å². The van der Waals surface area contributed by atoms with Crippen molar-refractivity contribution in [3.63, 3.8) is 0 Å². The van der Waals surface area contributed by atoms with Crippen LogP contribution in [0.15, 0.2) is 133 Å². The number of aliphatic imine (C=N–C) groups is 1. The van der Waals surface area contributed by atoms with E-state index in [0.717, 1.165) is 56.6 Å². The van der Waals surface area contributed by atoms with Gasteiger partial charge in [0, 0.05) is 35.7 Å². The first-order valence-corrected chi connectivity index (χ1v) is 21.6. The number of benzene rings is 5. The fraction of sp³-hybridized carbons (Fsp3) is 0.255. The Morgan fingerprint density at radius 1 is 0.797 bits per heavy atom. The molecule has 0 aliphatic rings. The lowest BCUT2D eigenvalue weighted by molar-refractivity contribution is -0.154. The van der Waals surface area contributed by atoms with E-state index in [0.29, 0.717) is 29.0 Å². The predicted octanol–water partition coefficient (Wildman–Crippen LogP) is 10.4. The van der Waals surface area contributed by atoms with E-state index < -0.39 is 30.0 Å². The lowest BCUT2D eigenvalue weighted by Crippen LogP contribution is -2.30. The molecule has 2 unspecified atom stereocenters. The van der Waals surface area contributed by atoms with Crippen molar-refractivity contribution in [1.82, 2.24) is 4.98 Å². The molecule has 0 saturated carbocycles. The summed E-state index contributed by atoms with van der Waals surface area (Å²) in [5.41, 5.74) is 2.61. The molecule has 0 aliphatic carbocycles. The summed E-state index contributed by atoms with van der Waals surface area (Å²) in [5, 5.41) is 3.08. The van der Waals surface area contributed by atoms with Gasteiger partial charge in [-0.1, -0.05) is 62.9 Å². The van der Waals surface area contributed by atoms with Gasteiger partial charge in [0.2, 0.25) is 0 Å². The van der Waals surface area contributed by atoms with Crippen molar-refractivity contribution in [3.8, 4) is 17.2 Å². The average molecular weight is 883 g/mol. The van der Waals surface area contributed by atoms with Crippen LogP contribution in [0, 0.1) is 0 Å². The van der Waals surface area contributed by atoms with E-state index in [9.17, 15) is 19.2 Å². The molecule has 0 radical (unpaired) electrons. The molecule has 0 bridgehead atoms. The van der Waals surface area contributed by atoms with E-state index in [1.165, 1.54) is 12.1 Å². The third-order valence-corrected chi connectivity index (χ3v) is 10.6. The van der Waals surface area contributed by atoms with Crippen LogP contribution in [0.25, 0.3) is 21.0 Å². The van der Waals surface area contributed by atoms with Gasteiger partial charge in [-0.2, -0.15) is 0 Å². The number of nitrogens with zero attached hydrogens (tertiary/aromatic N) is 2. The Labute approximate surface area is 376 Å². The average Bonchev–Trinajstić information content (AvgIpc) is 3.74. The van der Waals surface area contributed by atoms with Gasteiger partial charge in [0.25, 0.3) is 0 Å². The Bertz CT molecular complexity index is 2650. The second kappa shape index (κ2) is 21.8. The molecule has 64 heavy (non-hydrogen) atoms. The SMILES string of the molecule is C=CC(=O)OCC(COc1ccc(C(=O)Oc2ccc(CCOC(=O)c3ccc(OC(C)(C)C)cc3)cc2C=NC(CCC)c2nc3c(ccc4ccccc43)s2)cc1)OC(=O)C=C. The zero-order valence-electron chi connectivity index (χ0n) is 36.2. The third kappa shape index (κ3) is 13.0. The summed E-state index contributed by atoms with van der Waals surface area (Å²) >= 11 is 1.61. The van der Waals surface area contributed by atoms with Gasteiger partial charge in [0.1, 0.15) is 47.1 Å². The molecule has 330 valence electrons. The zero-order chi connectivity index (χ0) is 45.6. The van der Waals surface area contributed by atoms with Gasteiger partial charge in [-0.25, -0.2) is 24.2 Å². The summed E-state index contributed by atoms with van der Waals surface area (Å²) in [6.45, 7) is 14.4. The van der Waals surface area contributed by atoms with Crippen molar-refractivity contribution < 1.29 is 47.6 Å². The lowest BCUT2D eigenvalue weighted by atomic mass is 10.1. The molecular formula is C51H50N2O10S. The second-order valence-corrected chi connectivity index (χ2v) is 16.6. The number of hydrogen-bond donors (Lipinski definition) is 0. The summed E-state index contributed by atoms with van der Waals surface area (Å²) in [6, 6.07) is 30.5. The normalized spacial score (nSPS) is 12.3. The molecule has 12 nitrogen and oxygen atoms in total. The fourth-order valence-corrected chi connectivity index (χ4v) is 7.49. The number of aromatic nitrogens is 1. The van der Waals surface area contributed by atoms with Gasteiger partial charge in [0.05, 0.1) is 28.0 Å². The third-order valence-electron chi connectivity index (χ3n) is 9.51. The molecule has 1 heterocycles. The summed E-state index contributed by atoms with van der Waals surface area (Å²) < 4.78 is 34.6. The highest BCUT2D eigenvalue weighted by molar-refractivity contribution is 7.18. The molecule has 1 aromatic heterocycles. The Balaban J connectivity index is 1.19. The zero-order valence-corrected chi connectivity index (χ0v) is 37.1. The minimum Gasteiger partial charge on any atom is -0.490 e. The monoisotopic (exact) mass is 882 g/mol. The molecule has 5 aromatic carbocycles. The molecule has 6 aromatic rings. The second-order valence-electron chi connectivity index (χ2n) is 15.6. The van der Waals surface area contributed by atoms with E-state index in [1.807, 2.05) is 45.0 Å². The van der Waals surface area contributed by atoms with Crippen LogP contribution in [0.2, 0.25) is 0 Å². The van der Waals surface area contributed by atoms with Crippen molar-refractivity contribution in [1.29, 1.82) is 0 Å². The van der Waals surface area contributed by atoms with Gasteiger partial charge in [-0.05, 0) is 105 Å². The molecule has 0 fully saturated rings. The number of hydrogen-bond acceptors (Lipinski definition) is 13. The topological polar surface area (TPSA) is 149 Å². The molecule has 0 amide bonds. The van der Waals surface area contributed by atoms with Crippen molar-refractivity contribution >= 4 is 62.4 Å². The minimum atomic E-state index is -0.924. The first kappa shape index (κ1) is 46.4. The summed E-state index contributed by atoms with van der Waals surface area (Å²) in [7, 11) is 0. The molecular weight excluding hydrogens is 833 g/mol. The van der Waals surface area contributed by atoms with E-state index in [-0.39, 0.29) is 42.8 Å². The molecule has 6 rings (SSSR count). The molecule has 0 spiro atoms. The van der Waals surface area contributed by atoms with Crippen molar-refractivity contribution in [2.24, 2.45) is 4.99 Å². The summed E-state index contributed by atoms with van der Waals surface area (Å²) in [5.74, 6) is -1.18. The van der Waals surface area contributed by atoms with Crippen LogP contribution in [-0.4, -0.2) is 66.6 Å². The number of carbonyl (C=O) groups excluding carboxylic acids is 4. The number of rotatable bonds is 20. The number of esters is 4. The number of ether oxygens (including phenoxy) is 6. The van der Waals surface area contributed by atoms with Crippen LogP contribution in [0.1, 0.15) is 83.4 Å². The summed E-state index contributed by atoms with van der Waals surface area (Å²) in [4.78, 5) is 60.0. The first-order valence-electron chi connectivity index (χ1n) is 20.8. The van der Waals surface area contributed by atoms with Crippen LogP contribution < -0.4 is 14.2 Å². The van der Waals surface area contributed by atoms with Crippen molar-refractivity contribution in [3.05, 3.63) is 156 Å². The number of fused-ring (bicyclic) bond motifs is 3. The van der Waals surface area contributed by atoms with Gasteiger partial charge >= 0.3 is 23.9 Å². The van der Waals surface area contributed by atoms with E-state index in [1.54, 1.807) is 60.0 Å². The van der Waals surface area contributed by atoms with Crippen molar-refractivity contribution in [2.45, 2.75) is 64.7 Å². The van der Waals surface area contributed by atoms with Crippen LogP contribution in [0.3, 0.4) is 0 Å². The first-order chi connectivity index (χ1) is 30.8. The van der Waals surface area contributed by atoms with Gasteiger partial charge in [-0.15, -0.1) is 11.3 Å². The Morgan fingerprint density at radius 3 is 2.20 bits per heavy atom. The van der Waals surface area contributed by atoms with Crippen LogP contribution in [-0.2, 0) is 30.2 Å². The highest BCUT2D eigenvalue weighted by Gasteiger charge is 2.20. The number of thiazole rings is 1. The minimum absolute atomic E-state index is 0.110. The fourth-order valence-electron chi connectivity index (χ4n) is 6.43. The molecule has 0 N–H and O–H groups in total. The molecule has 0 saturated heterocycles. The van der Waals surface area contributed by atoms with E-state index >= 15 is 0 Å². The maximum Gasteiger partial charge on any atom is 0.343 e. The molecule has 2 atom stereocenters. The van der Waals surface area contributed by atoms with E-state index in [4.69, 9.17) is 38.4 Å². The molecule has 13 heteroatoms. The Hall–Kier alpha value is -7.12. The maximum absolute atomic E-state index is 13.6. The van der Waals surface area contributed by atoms with Gasteiger partial charge < -0.3 is 28.4 Å². The smallest absolute Gasteiger partial charge is 0.343 e. The highest BCUT2D eigenvalue weighted by Crippen LogP contribution is 2.35. The van der Waals surface area contributed by atoms with Gasteiger partial charge in [-0.3, -0.25) is 4.99 Å². The molecule has 0 aliphatic heterocycles. The largest absolute Gasteiger partial charge is 0.490 e. The number of carbonyl (C=O) groups is 4. The lowest BCUT2D eigenvalue weighted by Gasteiger charge is -2.21. The summed E-state index contributed by atoms with van der Waals surface area (Å²) in [6.07, 6.45) is 4.77. The Morgan fingerprint density at radius 2 is 1.50 bits per heavy atom. The van der Waals surface area contributed by atoms with Crippen molar-refractivity contribution in [2.75, 3.05) is 19.8 Å². The van der Waals surface area contributed by atoms with Crippen LogP contribution in [0.4, 0.5) is 0 Å². The quantitative estimate of drug-likeness (QED) is 0.0237. The predicted molar refractivity (Wildman–Crippen MR) is 248 cm³/mol. The van der Waals surface area contributed by atoms with Crippen LogP contribution in [0.5, 0.6) is 17.2 Å². The highest BCUT2D eigenvalue weighted by atomic mass is 32.1. The van der Waals surface area contributed by atoms with Crippen LogP contribution >= 0.6 is 11.3 Å². The standard InChI is InChI=1S/C51H50N2O10S/c1-7-12-42(48-53-47-41-14-11-10-13-34(41)20-26-44(47)64-48)52-30-37-29-33(27-28-58-49(56)35-18-23-39(24-19-35)63-51(4,5)6)15-25-43(37)62-50(57)36-16-21-38(22-17-36)59-31-40(61-46(55)9-3)32-60-45(54)8-2/h8-11,13-26,29-30,40,42H,2-3,7,12,27-28,31-32H2,1,4-6H3. The Kier molecular flexibility index (Phi) is 15.8.